The molecule has 0 amide bonds. The number of benzene rings is 2. The molecule has 0 saturated carbocycles. The third-order valence-electron chi connectivity index (χ3n) is 4.35. The van der Waals surface area contributed by atoms with Crippen LogP contribution < -0.4 is 0 Å². The number of aliphatic imine (C=N–C) groups is 1. The van der Waals surface area contributed by atoms with E-state index in [-0.39, 0.29) is 5.12 Å². The van der Waals surface area contributed by atoms with Crippen LogP contribution in [0.4, 0.5) is 0 Å². The maximum Gasteiger partial charge on any atom is 0.225 e. The quantitative estimate of drug-likeness (QED) is 0.725. The molecule has 0 bridgehead atoms. The van der Waals surface area contributed by atoms with Crippen LogP contribution in [0.25, 0.3) is 5.57 Å². The number of thioether (sulfide) groups is 1. The van der Waals surface area contributed by atoms with E-state index < -0.39 is 5.66 Å². The SMILES string of the molecule is CC(C)N1C=C(c2ccccc2)C(SC(=O)c2ccccc2)=NC1(C)C. The van der Waals surface area contributed by atoms with Crippen molar-refractivity contribution in [1.29, 1.82) is 0 Å². The number of rotatable bonds is 3. The number of carbonyl (C=O) groups is 1. The molecule has 0 fully saturated rings. The second-order valence-electron chi connectivity index (χ2n) is 7.08. The van der Waals surface area contributed by atoms with Crippen molar-refractivity contribution >= 4 is 27.5 Å². The van der Waals surface area contributed by atoms with E-state index in [1.54, 1.807) is 0 Å². The second kappa shape index (κ2) is 7.50. The van der Waals surface area contributed by atoms with Gasteiger partial charge in [-0.25, -0.2) is 4.99 Å². The minimum Gasteiger partial charge on any atom is -0.351 e. The Hall–Kier alpha value is -2.33. The molecule has 3 rings (SSSR count). The lowest BCUT2D eigenvalue weighted by Gasteiger charge is -2.42. The van der Waals surface area contributed by atoms with E-state index in [1.165, 1.54) is 11.8 Å². The summed E-state index contributed by atoms with van der Waals surface area (Å²) in [5.41, 5.74) is 2.36. The topological polar surface area (TPSA) is 32.7 Å². The van der Waals surface area contributed by atoms with Crippen LogP contribution in [-0.4, -0.2) is 26.8 Å². The van der Waals surface area contributed by atoms with Gasteiger partial charge < -0.3 is 4.90 Å². The van der Waals surface area contributed by atoms with Crippen molar-refractivity contribution in [2.75, 3.05) is 0 Å². The Morgan fingerprint density at radius 3 is 2.15 bits per heavy atom. The Bertz CT molecular complexity index is 839. The largest absolute Gasteiger partial charge is 0.351 e. The molecule has 0 radical (unpaired) electrons. The van der Waals surface area contributed by atoms with Crippen LogP contribution in [0.1, 0.15) is 43.6 Å². The first-order chi connectivity index (χ1) is 12.4. The molecule has 0 spiro atoms. The number of hydrogen-bond acceptors (Lipinski definition) is 4. The van der Waals surface area contributed by atoms with Crippen LogP contribution >= 0.6 is 11.8 Å². The average molecular weight is 365 g/mol. The molecule has 4 heteroatoms. The van der Waals surface area contributed by atoms with Gasteiger partial charge >= 0.3 is 0 Å². The lowest BCUT2D eigenvalue weighted by atomic mass is 10.0. The maximum absolute atomic E-state index is 12.8. The molecule has 0 N–H and O–H groups in total. The minimum atomic E-state index is -0.397. The monoisotopic (exact) mass is 364 g/mol. The molecule has 2 aromatic carbocycles. The van der Waals surface area contributed by atoms with Crippen LogP contribution in [-0.2, 0) is 0 Å². The fourth-order valence-electron chi connectivity index (χ4n) is 3.11. The van der Waals surface area contributed by atoms with Gasteiger partial charge in [-0.05, 0) is 45.0 Å². The fraction of sp³-hybridized carbons (Fsp3) is 0.273. The van der Waals surface area contributed by atoms with E-state index in [4.69, 9.17) is 4.99 Å². The molecule has 1 aliphatic heterocycles. The summed E-state index contributed by atoms with van der Waals surface area (Å²) in [7, 11) is 0. The summed E-state index contributed by atoms with van der Waals surface area (Å²) >= 11 is 1.21. The molecular weight excluding hydrogens is 340 g/mol. The van der Waals surface area contributed by atoms with Crippen molar-refractivity contribution in [3.63, 3.8) is 0 Å². The van der Waals surface area contributed by atoms with Gasteiger partial charge in [0.2, 0.25) is 5.12 Å². The first kappa shape index (κ1) is 18.5. The second-order valence-corrected chi connectivity index (χ2v) is 8.04. The van der Waals surface area contributed by atoms with Crippen molar-refractivity contribution in [2.24, 2.45) is 4.99 Å². The minimum absolute atomic E-state index is 0.0139. The van der Waals surface area contributed by atoms with Crippen molar-refractivity contribution < 1.29 is 4.79 Å². The van der Waals surface area contributed by atoms with Gasteiger partial charge in [0.15, 0.2) is 0 Å². The maximum atomic E-state index is 12.8. The highest BCUT2D eigenvalue weighted by Gasteiger charge is 2.33. The number of nitrogens with zero attached hydrogens (tertiary/aromatic N) is 2. The average Bonchev–Trinajstić information content (AvgIpc) is 2.62. The van der Waals surface area contributed by atoms with Gasteiger partial charge in [-0.1, -0.05) is 60.7 Å². The molecule has 0 aliphatic carbocycles. The predicted octanol–water partition coefficient (Wildman–Crippen LogP) is 5.46. The zero-order valence-electron chi connectivity index (χ0n) is 15.6. The van der Waals surface area contributed by atoms with Crippen molar-refractivity contribution in [2.45, 2.75) is 39.4 Å². The highest BCUT2D eigenvalue weighted by atomic mass is 32.2. The standard InChI is InChI=1S/C22H24N2OS/c1-16(2)24-15-19(17-11-7-5-8-12-17)20(23-22(24,3)4)26-21(25)18-13-9-6-10-14-18/h5-16H,1-4H3. The zero-order chi connectivity index (χ0) is 18.7. The van der Waals surface area contributed by atoms with Gasteiger partial charge in [0.25, 0.3) is 0 Å². The summed E-state index contributed by atoms with van der Waals surface area (Å²) in [5, 5.41) is 0.784. The molecule has 0 atom stereocenters. The van der Waals surface area contributed by atoms with E-state index in [0.717, 1.165) is 16.2 Å². The van der Waals surface area contributed by atoms with Crippen LogP contribution in [0.5, 0.6) is 0 Å². The summed E-state index contributed by atoms with van der Waals surface area (Å²) in [4.78, 5) is 20.0. The Morgan fingerprint density at radius 1 is 1.00 bits per heavy atom. The Morgan fingerprint density at radius 2 is 1.58 bits per heavy atom. The van der Waals surface area contributed by atoms with Gasteiger partial charge in [0, 0.05) is 23.4 Å². The van der Waals surface area contributed by atoms with Gasteiger partial charge in [-0.3, -0.25) is 4.79 Å². The zero-order valence-corrected chi connectivity index (χ0v) is 16.5. The van der Waals surface area contributed by atoms with Crippen LogP contribution in [0.3, 0.4) is 0 Å². The molecule has 26 heavy (non-hydrogen) atoms. The van der Waals surface area contributed by atoms with Crippen LogP contribution in [0.15, 0.2) is 71.9 Å². The van der Waals surface area contributed by atoms with E-state index >= 15 is 0 Å². The van der Waals surface area contributed by atoms with Crippen molar-refractivity contribution in [1.82, 2.24) is 4.90 Å². The summed E-state index contributed by atoms with van der Waals surface area (Å²) in [5.74, 6) is 0. The summed E-state index contributed by atoms with van der Waals surface area (Å²) in [6, 6.07) is 19.8. The van der Waals surface area contributed by atoms with Crippen LogP contribution in [0.2, 0.25) is 0 Å². The van der Waals surface area contributed by atoms with Crippen LogP contribution in [0, 0.1) is 0 Å². The fourth-order valence-corrected chi connectivity index (χ4v) is 4.09. The number of carbonyl (C=O) groups excluding carboxylic acids is 1. The smallest absolute Gasteiger partial charge is 0.225 e. The van der Waals surface area contributed by atoms with Crippen molar-refractivity contribution in [3.05, 3.63) is 78.0 Å². The normalized spacial score (nSPS) is 16.3. The summed E-state index contributed by atoms with van der Waals surface area (Å²) in [6.07, 6.45) is 2.15. The molecule has 1 heterocycles. The molecule has 0 aromatic heterocycles. The van der Waals surface area contributed by atoms with Gasteiger partial charge in [0.05, 0.1) is 0 Å². The molecule has 0 saturated heterocycles. The Balaban J connectivity index is 2.00. The van der Waals surface area contributed by atoms with Crippen molar-refractivity contribution in [3.8, 4) is 0 Å². The number of hydrogen-bond donors (Lipinski definition) is 0. The lowest BCUT2D eigenvalue weighted by Crippen LogP contribution is -2.46. The van der Waals surface area contributed by atoms with Gasteiger partial charge in [-0.2, -0.15) is 0 Å². The summed E-state index contributed by atoms with van der Waals surface area (Å²) < 4.78 is 0. The van der Waals surface area contributed by atoms with E-state index in [0.29, 0.717) is 11.6 Å². The summed E-state index contributed by atoms with van der Waals surface area (Å²) in [6.45, 7) is 8.48. The van der Waals surface area contributed by atoms with E-state index in [1.807, 2.05) is 48.5 Å². The Labute approximate surface area is 159 Å². The predicted molar refractivity (Wildman–Crippen MR) is 111 cm³/mol. The molecule has 134 valence electrons. The third kappa shape index (κ3) is 3.91. The lowest BCUT2D eigenvalue weighted by molar-refractivity contribution is 0.109. The first-order valence-electron chi connectivity index (χ1n) is 8.81. The van der Waals surface area contributed by atoms with Gasteiger partial charge in [0.1, 0.15) is 10.7 Å². The first-order valence-corrected chi connectivity index (χ1v) is 9.63. The molecule has 3 nitrogen and oxygen atoms in total. The highest BCUT2D eigenvalue weighted by molar-refractivity contribution is 8.27. The van der Waals surface area contributed by atoms with Gasteiger partial charge in [-0.15, -0.1) is 0 Å². The highest BCUT2D eigenvalue weighted by Crippen LogP contribution is 2.35. The third-order valence-corrected chi connectivity index (χ3v) is 5.27. The molecular formula is C22H24N2OS. The Kier molecular flexibility index (Phi) is 5.33. The molecule has 2 aromatic rings. The van der Waals surface area contributed by atoms with E-state index in [2.05, 4.69) is 50.9 Å². The van der Waals surface area contributed by atoms with E-state index in [9.17, 15) is 4.79 Å². The molecule has 1 aliphatic rings. The molecule has 0 unspecified atom stereocenters.